The van der Waals surface area contributed by atoms with Crippen molar-refractivity contribution in [2.24, 2.45) is 5.92 Å². The van der Waals surface area contributed by atoms with Crippen LogP contribution in [-0.2, 0) is 17.8 Å². The Hall–Kier alpha value is -1.20. The van der Waals surface area contributed by atoms with E-state index in [1.54, 1.807) is 0 Å². The molecule has 5 heteroatoms. The highest BCUT2D eigenvalue weighted by atomic mass is 16.5. The average molecular weight is 330 g/mol. The van der Waals surface area contributed by atoms with Crippen LogP contribution in [0.4, 0.5) is 5.95 Å². The van der Waals surface area contributed by atoms with Gasteiger partial charge in [0, 0.05) is 37.8 Å². The minimum atomic E-state index is 0.674. The maximum Gasteiger partial charge on any atom is 0.225 e. The van der Waals surface area contributed by atoms with E-state index in [1.807, 2.05) is 6.20 Å². The highest BCUT2D eigenvalue weighted by Crippen LogP contribution is 2.24. The third kappa shape index (κ3) is 3.89. The van der Waals surface area contributed by atoms with Gasteiger partial charge in [-0.05, 0) is 44.7 Å². The van der Waals surface area contributed by atoms with Crippen LogP contribution in [0.3, 0.4) is 0 Å². The second-order valence-electron chi connectivity index (χ2n) is 7.59. The van der Waals surface area contributed by atoms with E-state index in [1.165, 1.54) is 69.4 Å². The van der Waals surface area contributed by atoms with E-state index in [4.69, 9.17) is 9.72 Å². The Morgan fingerprint density at radius 1 is 1.04 bits per heavy atom. The number of nitrogens with zero attached hydrogens (tertiary/aromatic N) is 4. The summed E-state index contributed by atoms with van der Waals surface area (Å²) in [6.07, 6.45) is 11.1. The Kier molecular flexibility index (Phi) is 5.28. The average Bonchev–Trinajstić information content (AvgIpc) is 2.91. The zero-order valence-electron chi connectivity index (χ0n) is 14.8. The molecular formula is C19H30N4O. The molecule has 2 saturated heterocycles. The summed E-state index contributed by atoms with van der Waals surface area (Å²) >= 11 is 0. The number of hydrogen-bond acceptors (Lipinski definition) is 5. The second kappa shape index (κ2) is 7.79. The Morgan fingerprint density at radius 3 is 2.62 bits per heavy atom. The summed E-state index contributed by atoms with van der Waals surface area (Å²) in [6, 6.07) is 0. The number of hydrogen-bond donors (Lipinski definition) is 0. The molecule has 0 saturated carbocycles. The molecule has 0 bridgehead atoms. The molecule has 1 aromatic heterocycles. The molecule has 3 aliphatic heterocycles. The highest BCUT2D eigenvalue weighted by Gasteiger charge is 2.24. The summed E-state index contributed by atoms with van der Waals surface area (Å²) in [5.74, 6) is 1.79. The molecule has 4 heterocycles. The minimum absolute atomic E-state index is 0.674. The largest absolute Gasteiger partial charge is 0.376 e. The van der Waals surface area contributed by atoms with E-state index < -0.39 is 0 Å². The quantitative estimate of drug-likeness (QED) is 0.852. The van der Waals surface area contributed by atoms with Crippen LogP contribution in [0, 0.1) is 5.92 Å². The molecule has 5 nitrogen and oxygen atoms in total. The fourth-order valence-corrected chi connectivity index (χ4v) is 4.27. The fraction of sp³-hybridized carbons (Fsp3) is 0.789. The lowest BCUT2D eigenvalue weighted by Gasteiger charge is -2.35. The lowest BCUT2D eigenvalue weighted by atomic mass is 9.96. The van der Waals surface area contributed by atoms with Crippen LogP contribution in [0.1, 0.15) is 49.8 Å². The van der Waals surface area contributed by atoms with Crippen molar-refractivity contribution in [2.45, 2.75) is 51.6 Å². The van der Waals surface area contributed by atoms with Crippen molar-refractivity contribution in [1.82, 2.24) is 14.9 Å². The molecule has 0 N–H and O–H groups in total. The predicted molar refractivity (Wildman–Crippen MR) is 95.2 cm³/mol. The molecule has 0 radical (unpaired) electrons. The van der Waals surface area contributed by atoms with E-state index in [0.717, 1.165) is 38.0 Å². The summed E-state index contributed by atoms with van der Waals surface area (Å²) < 4.78 is 5.48. The molecule has 2 fully saturated rings. The van der Waals surface area contributed by atoms with Gasteiger partial charge in [-0.15, -0.1) is 0 Å². The molecule has 0 amide bonds. The van der Waals surface area contributed by atoms with Crippen molar-refractivity contribution < 1.29 is 4.74 Å². The van der Waals surface area contributed by atoms with Crippen LogP contribution >= 0.6 is 0 Å². The Labute approximate surface area is 145 Å². The molecule has 0 unspecified atom stereocenters. The third-order valence-electron chi connectivity index (χ3n) is 5.79. The normalized spacial score (nSPS) is 23.8. The molecule has 4 rings (SSSR count). The van der Waals surface area contributed by atoms with Gasteiger partial charge in [-0.1, -0.05) is 12.8 Å². The van der Waals surface area contributed by atoms with Gasteiger partial charge >= 0.3 is 0 Å². The van der Waals surface area contributed by atoms with Crippen molar-refractivity contribution in [1.29, 1.82) is 0 Å². The van der Waals surface area contributed by atoms with Crippen molar-refractivity contribution in [3.63, 3.8) is 0 Å². The predicted octanol–water partition coefficient (Wildman–Crippen LogP) is 2.64. The van der Waals surface area contributed by atoms with Crippen LogP contribution < -0.4 is 4.90 Å². The first-order chi connectivity index (χ1) is 11.9. The van der Waals surface area contributed by atoms with E-state index in [0.29, 0.717) is 6.61 Å². The van der Waals surface area contributed by atoms with E-state index >= 15 is 0 Å². The first-order valence-electron chi connectivity index (χ1n) is 9.78. The van der Waals surface area contributed by atoms with Crippen LogP contribution in [-0.4, -0.2) is 54.2 Å². The smallest absolute Gasteiger partial charge is 0.225 e. The van der Waals surface area contributed by atoms with E-state index in [9.17, 15) is 0 Å². The zero-order valence-corrected chi connectivity index (χ0v) is 14.8. The van der Waals surface area contributed by atoms with Crippen molar-refractivity contribution in [3.05, 3.63) is 17.5 Å². The van der Waals surface area contributed by atoms with Crippen LogP contribution in [0.2, 0.25) is 0 Å². The monoisotopic (exact) mass is 330 g/mol. The lowest BCUT2D eigenvalue weighted by molar-refractivity contribution is 0.109. The Balaban J connectivity index is 1.31. The zero-order chi connectivity index (χ0) is 16.2. The maximum absolute atomic E-state index is 5.48. The summed E-state index contributed by atoms with van der Waals surface area (Å²) in [5, 5.41) is 0. The van der Waals surface area contributed by atoms with Gasteiger partial charge < -0.3 is 14.5 Å². The number of rotatable bonds is 3. The number of ether oxygens (including phenoxy) is 1. The summed E-state index contributed by atoms with van der Waals surface area (Å²) in [4.78, 5) is 14.5. The van der Waals surface area contributed by atoms with Crippen LogP contribution in [0.5, 0.6) is 0 Å². The molecule has 0 atom stereocenters. The first kappa shape index (κ1) is 16.3. The van der Waals surface area contributed by atoms with Gasteiger partial charge in [0.2, 0.25) is 5.95 Å². The molecule has 0 aromatic carbocycles. The standard InChI is InChI=1S/C19H30N4O/c1-2-4-9-22(8-3-1)14-16-5-10-23(11-6-16)19-20-13-17-15-24-12-7-18(17)21-19/h13,16H,1-12,14-15H2. The number of likely N-dealkylation sites (tertiary alicyclic amines) is 1. The number of anilines is 1. The topological polar surface area (TPSA) is 41.5 Å². The molecule has 1 aromatic rings. The molecule has 3 aliphatic rings. The summed E-state index contributed by atoms with van der Waals surface area (Å²) in [6.45, 7) is 7.61. The SMILES string of the molecule is c1nc(N2CCC(CN3CCCCCC3)CC2)nc2c1COCC2. The Bertz CT molecular complexity index is 534. The van der Waals surface area contributed by atoms with Crippen molar-refractivity contribution in [3.8, 4) is 0 Å². The van der Waals surface area contributed by atoms with Gasteiger partial charge in [0.05, 0.1) is 18.9 Å². The minimum Gasteiger partial charge on any atom is -0.376 e. The Morgan fingerprint density at radius 2 is 1.83 bits per heavy atom. The third-order valence-corrected chi connectivity index (χ3v) is 5.79. The lowest BCUT2D eigenvalue weighted by Crippen LogP contribution is -2.40. The van der Waals surface area contributed by atoms with Gasteiger partial charge in [-0.25, -0.2) is 9.97 Å². The number of piperidine rings is 1. The fourth-order valence-electron chi connectivity index (χ4n) is 4.27. The molecular weight excluding hydrogens is 300 g/mol. The number of aromatic nitrogens is 2. The molecule has 24 heavy (non-hydrogen) atoms. The van der Waals surface area contributed by atoms with E-state index in [2.05, 4.69) is 14.8 Å². The number of fused-ring (bicyclic) bond motifs is 1. The van der Waals surface area contributed by atoms with Gasteiger partial charge in [-0.2, -0.15) is 0 Å². The van der Waals surface area contributed by atoms with Crippen LogP contribution in [0.15, 0.2) is 6.20 Å². The van der Waals surface area contributed by atoms with Crippen molar-refractivity contribution in [2.75, 3.05) is 44.2 Å². The molecule has 0 aliphatic carbocycles. The second-order valence-corrected chi connectivity index (χ2v) is 7.59. The molecule has 132 valence electrons. The summed E-state index contributed by atoms with van der Waals surface area (Å²) in [5.41, 5.74) is 2.36. The first-order valence-corrected chi connectivity index (χ1v) is 9.78. The maximum atomic E-state index is 5.48. The van der Waals surface area contributed by atoms with E-state index in [-0.39, 0.29) is 0 Å². The van der Waals surface area contributed by atoms with Crippen LogP contribution in [0.25, 0.3) is 0 Å². The van der Waals surface area contributed by atoms with Gasteiger partial charge in [0.25, 0.3) is 0 Å². The molecule has 0 spiro atoms. The van der Waals surface area contributed by atoms with Gasteiger partial charge in [0.15, 0.2) is 0 Å². The van der Waals surface area contributed by atoms with Gasteiger partial charge in [-0.3, -0.25) is 0 Å². The van der Waals surface area contributed by atoms with Gasteiger partial charge in [0.1, 0.15) is 0 Å². The summed E-state index contributed by atoms with van der Waals surface area (Å²) in [7, 11) is 0. The van der Waals surface area contributed by atoms with Crippen molar-refractivity contribution >= 4 is 5.95 Å². The highest BCUT2D eigenvalue weighted by molar-refractivity contribution is 5.34.